The Balaban J connectivity index is 1.62. The van der Waals surface area contributed by atoms with Crippen molar-refractivity contribution < 1.29 is 19.4 Å². The number of phenols is 1. The lowest BCUT2D eigenvalue weighted by molar-refractivity contribution is 0.0624. The highest BCUT2D eigenvalue weighted by Crippen LogP contribution is 2.26. The van der Waals surface area contributed by atoms with E-state index in [4.69, 9.17) is 21.1 Å². The summed E-state index contributed by atoms with van der Waals surface area (Å²) in [5.41, 5.74) is 1.32. The molecule has 6 nitrogen and oxygen atoms in total. The van der Waals surface area contributed by atoms with Crippen molar-refractivity contribution in [3.8, 4) is 17.2 Å². The van der Waals surface area contributed by atoms with E-state index >= 15 is 0 Å². The Morgan fingerprint density at radius 3 is 2.44 bits per heavy atom. The molecule has 1 amide bonds. The molecule has 0 atom stereocenters. The molecule has 1 N–H and O–H groups in total. The minimum absolute atomic E-state index is 0.0644. The number of halogens is 1. The van der Waals surface area contributed by atoms with E-state index in [1.165, 1.54) is 13.2 Å². The SMILES string of the molecule is COc1ccc(C(=O)N2CCN(Cc3cc(Cl)ccc3OC)CC2)c(O)c1. The summed E-state index contributed by atoms with van der Waals surface area (Å²) in [5.74, 6) is 1.09. The van der Waals surface area contributed by atoms with Crippen LogP contribution in [0.4, 0.5) is 0 Å². The van der Waals surface area contributed by atoms with Gasteiger partial charge in [-0.15, -0.1) is 0 Å². The van der Waals surface area contributed by atoms with Crippen molar-refractivity contribution in [1.29, 1.82) is 0 Å². The second-order valence-electron chi connectivity index (χ2n) is 6.41. The van der Waals surface area contributed by atoms with Crippen LogP contribution in [0.15, 0.2) is 36.4 Å². The van der Waals surface area contributed by atoms with Crippen LogP contribution in [0.5, 0.6) is 17.2 Å². The molecule has 3 rings (SSSR count). The minimum atomic E-state index is -0.171. The van der Waals surface area contributed by atoms with Gasteiger partial charge in [0.15, 0.2) is 0 Å². The van der Waals surface area contributed by atoms with Crippen molar-refractivity contribution in [2.45, 2.75) is 6.54 Å². The molecule has 0 unspecified atom stereocenters. The lowest BCUT2D eigenvalue weighted by atomic mass is 10.1. The number of ether oxygens (including phenoxy) is 2. The summed E-state index contributed by atoms with van der Waals surface area (Å²) >= 11 is 6.10. The zero-order valence-electron chi connectivity index (χ0n) is 15.4. The molecular formula is C20H23ClN2O4. The Morgan fingerprint density at radius 2 is 1.81 bits per heavy atom. The fourth-order valence-corrected chi connectivity index (χ4v) is 3.41. The lowest BCUT2D eigenvalue weighted by Crippen LogP contribution is -2.48. The number of nitrogens with zero attached hydrogens (tertiary/aromatic N) is 2. The summed E-state index contributed by atoms with van der Waals surface area (Å²) < 4.78 is 10.5. The smallest absolute Gasteiger partial charge is 0.257 e. The fraction of sp³-hybridized carbons (Fsp3) is 0.350. The van der Waals surface area contributed by atoms with Crippen molar-refractivity contribution in [3.63, 3.8) is 0 Å². The van der Waals surface area contributed by atoms with E-state index in [9.17, 15) is 9.90 Å². The number of hydrogen-bond acceptors (Lipinski definition) is 5. The second kappa shape index (κ2) is 8.50. The Kier molecular flexibility index (Phi) is 6.08. The van der Waals surface area contributed by atoms with Crippen molar-refractivity contribution in [2.75, 3.05) is 40.4 Å². The number of hydrogen-bond donors (Lipinski definition) is 1. The van der Waals surface area contributed by atoms with Gasteiger partial charge < -0.3 is 19.5 Å². The van der Waals surface area contributed by atoms with Gasteiger partial charge in [0.05, 0.1) is 19.8 Å². The van der Waals surface area contributed by atoms with Crippen molar-refractivity contribution >= 4 is 17.5 Å². The molecule has 1 saturated heterocycles. The highest BCUT2D eigenvalue weighted by Gasteiger charge is 2.24. The van der Waals surface area contributed by atoms with E-state index in [-0.39, 0.29) is 11.7 Å². The first-order valence-corrected chi connectivity index (χ1v) is 9.10. The fourth-order valence-electron chi connectivity index (χ4n) is 3.21. The highest BCUT2D eigenvalue weighted by molar-refractivity contribution is 6.30. The number of carbonyl (C=O) groups excluding carboxylic acids is 1. The first kappa shape index (κ1) is 19.3. The van der Waals surface area contributed by atoms with Gasteiger partial charge in [0.25, 0.3) is 5.91 Å². The van der Waals surface area contributed by atoms with Gasteiger partial charge in [-0.3, -0.25) is 9.69 Å². The maximum atomic E-state index is 12.7. The van der Waals surface area contributed by atoms with Gasteiger partial charge in [-0.1, -0.05) is 11.6 Å². The standard InChI is InChI=1S/C20H23ClN2O4/c1-26-16-4-5-17(18(24)12-16)20(25)23-9-7-22(8-10-23)13-14-11-15(21)3-6-19(14)27-2/h3-6,11-12,24H,7-10,13H2,1-2H3. The summed E-state index contributed by atoms with van der Waals surface area (Å²) in [6.45, 7) is 3.36. The number of benzene rings is 2. The topological polar surface area (TPSA) is 62.2 Å². The molecule has 0 bridgehead atoms. The van der Waals surface area contributed by atoms with E-state index in [1.807, 2.05) is 18.2 Å². The number of carbonyl (C=O) groups is 1. The van der Waals surface area contributed by atoms with E-state index in [1.54, 1.807) is 24.1 Å². The molecular weight excluding hydrogens is 368 g/mol. The Hall–Kier alpha value is -2.44. The summed E-state index contributed by atoms with van der Waals surface area (Å²) in [5, 5.41) is 10.8. The monoisotopic (exact) mass is 390 g/mol. The predicted octanol–water partition coefficient (Wildman–Crippen LogP) is 3.02. The van der Waals surface area contributed by atoms with Crippen LogP contribution in [0, 0.1) is 0 Å². The Labute approximate surface area is 163 Å². The minimum Gasteiger partial charge on any atom is -0.507 e. The number of phenolic OH excluding ortho intramolecular Hbond substituents is 1. The lowest BCUT2D eigenvalue weighted by Gasteiger charge is -2.35. The maximum Gasteiger partial charge on any atom is 0.257 e. The number of amides is 1. The molecule has 0 radical (unpaired) electrons. The van der Waals surface area contributed by atoms with Crippen molar-refractivity contribution in [2.24, 2.45) is 0 Å². The van der Waals surface area contributed by atoms with Gasteiger partial charge in [0.1, 0.15) is 17.2 Å². The number of aromatic hydroxyl groups is 1. The van der Waals surface area contributed by atoms with Crippen LogP contribution in [0.1, 0.15) is 15.9 Å². The quantitative estimate of drug-likeness (QED) is 0.850. The molecule has 1 fully saturated rings. The van der Waals surface area contributed by atoms with Gasteiger partial charge in [-0.25, -0.2) is 0 Å². The summed E-state index contributed by atoms with van der Waals surface area (Å²) in [4.78, 5) is 16.7. The summed E-state index contributed by atoms with van der Waals surface area (Å²) in [6, 6.07) is 10.3. The van der Waals surface area contributed by atoms with Crippen LogP contribution >= 0.6 is 11.6 Å². The third-order valence-electron chi connectivity index (χ3n) is 4.73. The Morgan fingerprint density at radius 1 is 1.07 bits per heavy atom. The first-order valence-electron chi connectivity index (χ1n) is 8.73. The van der Waals surface area contributed by atoms with Gasteiger partial charge in [-0.2, -0.15) is 0 Å². The molecule has 2 aromatic rings. The molecule has 1 aliphatic heterocycles. The van der Waals surface area contributed by atoms with Crippen molar-refractivity contribution in [1.82, 2.24) is 9.80 Å². The zero-order chi connectivity index (χ0) is 19.4. The van der Waals surface area contributed by atoms with Crippen LogP contribution in [-0.4, -0.2) is 61.2 Å². The van der Waals surface area contributed by atoms with Crippen LogP contribution in [0.3, 0.4) is 0 Å². The zero-order valence-corrected chi connectivity index (χ0v) is 16.2. The largest absolute Gasteiger partial charge is 0.507 e. The number of methoxy groups -OCH3 is 2. The van der Waals surface area contributed by atoms with E-state index in [0.717, 1.165) is 24.4 Å². The predicted molar refractivity (Wildman–Crippen MR) is 104 cm³/mol. The molecule has 144 valence electrons. The number of rotatable bonds is 5. The van der Waals surface area contributed by atoms with Gasteiger partial charge >= 0.3 is 0 Å². The molecule has 27 heavy (non-hydrogen) atoms. The normalized spacial score (nSPS) is 14.9. The van der Waals surface area contributed by atoms with Crippen LogP contribution in [0.2, 0.25) is 5.02 Å². The highest BCUT2D eigenvalue weighted by atomic mass is 35.5. The summed E-state index contributed by atoms with van der Waals surface area (Å²) in [7, 11) is 3.16. The van der Waals surface area contributed by atoms with Gasteiger partial charge in [-0.05, 0) is 30.3 Å². The summed E-state index contributed by atoms with van der Waals surface area (Å²) in [6.07, 6.45) is 0. The number of piperazine rings is 1. The third-order valence-corrected chi connectivity index (χ3v) is 4.97. The molecule has 0 spiro atoms. The first-order chi connectivity index (χ1) is 13.0. The molecule has 7 heteroatoms. The molecule has 0 saturated carbocycles. The van der Waals surface area contributed by atoms with Gasteiger partial charge in [0, 0.05) is 49.4 Å². The molecule has 1 heterocycles. The molecule has 2 aromatic carbocycles. The second-order valence-corrected chi connectivity index (χ2v) is 6.84. The molecule has 0 aromatic heterocycles. The third kappa shape index (κ3) is 4.46. The molecule has 1 aliphatic rings. The van der Waals surface area contributed by atoms with E-state index in [0.29, 0.717) is 36.0 Å². The van der Waals surface area contributed by atoms with E-state index in [2.05, 4.69) is 4.90 Å². The van der Waals surface area contributed by atoms with Crippen LogP contribution in [-0.2, 0) is 6.54 Å². The molecule has 0 aliphatic carbocycles. The maximum absolute atomic E-state index is 12.7. The average Bonchev–Trinajstić information content (AvgIpc) is 2.68. The van der Waals surface area contributed by atoms with Crippen LogP contribution in [0.25, 0.3) is 0 Å². The van der Waals surface area contributed by atoms with E-state index < -0.39 is 0 Å². The average molecular weight is 391 g/mol. The van der Waals surface area contributed by atoms with Crippen LogP contribution < -0.4 is 9.47 Å². The van der Waals surface area contributed by atoms with Gasteiger partial charge in [0.2, 0.25) is 0 Å². The van der Waals surface area contributed by atoms with Crippen molar-refractivity contribution in [3.05, 3.63) is 52.5 Å². The Bertz CT molecular complexity index is 820.